The predicted molar refractivity (Wildman–Crippen MR) is 81.8 cm³/mol. The van der Waals surface area contributed by atoms with Gasteiger partial charge in [-0.2, -0.15) is 0 Å². The van der Waals surface area contributed by atoms with Crippen LogP contribution in [0.25, 0.3) is 0 Å². The molecule has 1 heterocycles. The van der Waals surface area contributed by atoms with Crippen molar-refractivity contribution in [2.24, 2.45) is 0 Å². The highest BCUT2D eigenvalue weighted by atomic mass is 32.1. The van der Waals surface area contributed by atoms with Gasteiger partial charge in [0.05, 0.1) is 0 Å². The lowest BCUT2D eigenvalue weighted by molar-refractivity contribution is 0.307. The Kier molecular flexibility index (Phi) is 5.56. The van der Waals surface area contributed by atoms with Gasteiger partial charge >= 0.3 is 0 Å². The lowest BCUT2D eigenvalue weighted by atomic mass is 10.1. The first-order valence-corrected chi connectivity index (χ1v) is 7.76. The van der Waals surface area contributed by atoms with Crippen molar-refractivity contribution in [3.05, 3.63) is 52.0 Å². The van der Waals surface area contributed by atoms with Crippen molar-refractivity contribution in [2.75, 3.05) is 6.54 Å². The standard InChI is InChI=1S/C16H20FNOS/c1-3-8-18-12(2)15-7-6-13(10-16(15)17)19-11-14-5-4-9-20-14/h4-7,9-10,12,18H,3,8,11H2,1-2H3. The van der Waals surface area contributed by atoms with E-state index < -0.39 is 0 Å². The highest BCUT2D eigenvalue weighted by Gasteiger charge is 2.11. The number of rotatable bonds is 7. The van der Waals surface area contributed by atoms with Crippen LogP contribution in [0.5, 0.6) is 5.75 Å². The van der Waals surface area contributed by atoms with Crippen LogP contribution in [-0.2, 0) is 6.61 Å². The van der Waals surface area contributed by atoms with Gasteiger partial charge in [-0.05, 0) is 37.4 Å². The zero-order chi connectivity index (χ0) is 14.4. The maximum absolute atomic E-state index is 14.1. The van der Waals surface area contributed by atoms with Crippen molar-refractivity contribution < 1.29 is 9.13 Å². The summed E-state index contributed by atoms with van der Waals surface area (Å²) in [5.74, 6) is 0.354. The summed E-state index contributed by atoms with van der Waals surface area (Å²) in [5, 5.41) is 5.29. The molecule has 0 aliphatic rings. The SMILES string of the molecule is CCCNC(C)c1ccc(OCc2cccs2)cc1F. The summed E-state index contributed by atoms with van der Waals surface area (Å²) < 4.78 is 19.7. The first-order valence-electron chi connectivity index (χ1n) is 6.88. The van der Waals surface area contributed by atoms with E-state index in [-0.39, 0.29) is 11.9 Å². The van der Waals surface area contributed by atoms with Crippen molar-refractivity contribution in [3.8, 4) is 5.75 Å². The van der Waals surface area contributed by atoms with Crippen molar-refractivity contribution >= 4 is 11.3 Å². The van der Waals surface area contributed by atoms with Gasteiger partial charge in [-0.3, -0.25) is 0 Å². The van der Waals surface area contributed by atoms with Gasteiger partial charge in [0.2, 0.25) is 0 Å². The van der Waals surface area contributed by atoms with Crippen LogP contribution < -0.4 is 10.1 Å². The van der Waals surface area contributed by atoms with Gasteiger partial charge in [-0.1, -0.05) is 19.1 Å². The topological polar surface area (TPSA) is 21.3 Å². The molecule has 0 aliphatic carbocycles. The minimum absolute atomic E-state index is 0.0151. The smallest absolute Gasteiger partial charge is 0.131 e. The van der Waals surface area contributed by atoms with Crippen molar-refractivity contribution in [2.45, 2.75) is 32.9 Å². The Morgan fingerprint density at radius 3 is 2.85 bits per heavy atom. The number of hydrogen-bond acceptors (Lipinski definition) is 3. The van der Waals surface area contributed by atoms with Gasteiger partial charge in [0, 0.05) is 22.5 Å². The van der Waals surface area contributed by atoms with Crippen LogP contribution >= 0.6 is 11.3 Å². The molecule has 0 fully saturated rings. The number of benzene rings is 1. The van der Waals surface area contributed by atoms with E-state index in [1.807, 2.05) is 30.5 Å². The molecule has 0 spiro atoms. The van der Waals surface area contributed by atoms with Crippen LogP contribution in [0.15, 0.2) is 35.7 Å². The minimum atomic E-state index is -0.218. The van der Waals surface area contributed by atoms with Crippen LogP contribution in [0.4, 0.5) is 4.39 Å². The Balaban J connectivity index is 1.98. The second-order valence-electron chi connectivity index (χ2n) is 4.73. The minimum Gasteiger partial charge on any atom is -0.488 e. The molecule has 2 rings (SSSR count). The Morgan fingerprint density at radius 1 is 1.35 bits per heavy atom. The third-order valence-electron chi connectivity index (χ3n) is 3.10. The molecule has 108 valence electrons. The number of ether oxygens (including phenoxy) is 1. The van der Waals surface area contributed by atoms with Crippen LogP contribution in [0.2, 0.25) is 0 Å². The molecular weight excluding hydrogens is 273 g/mol. The number of halogens is 1. The fourth-order valence-corrected chi connectivity index (χ4v) is 2.58. The molecule has 1 aromatic heterocycles. The fourth-order valence-electron chi connectivity index (χ4n) is 1.97. The average Bonchev–Trinajstić information content (AvgIpc) is 2.96. The predicted octanol–water partition coefficient (Wildman–Crippen LogP) is 4.53. The molecule has 0 aliphatic heterocycles. The largest absolute Gasteiger partial charge is 0.488 e. The van der Waals surface area contributed by atoms with Crippen LogP contribution in [-0.4, -0.2) is 6.54 Å². The average molecular weight is 293 g/mol. The van der Waals surface area contributed by atoms with E-state index in [2.05, 4.69) is 12.2 Å². The van der Waals surface area contributed by atoms with E-state index in [1.165, 1.54) is 6.07 Å². The van der Waals surface area contributed by atoms with E-state index >= 15 is 0 Å². The van der Waals surface area contributed by atoms with Crippen LogP contribution in [0, 0.1) is 5.82 Å². The summed E-state index contributed by atoms with van der Waals surface area (Å²) in [4.78, 5) is 1.13. The quantitative estimate of drug-likeness (QED) is 0.810. The molecule has 20 heavy (non-hydrogen) atoms. The fraction of sp³-hybridized carbons (Fsp3) is 0.375. The molecule has 1 aromatic carbocycles. The van der Waals surface area contributed by atoms with Gasteiger partial charge in [-0.15, -0.1) is 11.3 Å². The molecule has 2 nitrogen and oxygen atoms in total. The van der Waals surface area contributed by atoms with E-state index in [4.69, 9.17) is 4.74 Å². The maximum Gasteiger partial charge on any atom is 0.131 e. The molecule has 4 heteroatoms. The molecule has 1 N–H and O–H groups in total. The summed E-state index contributed by atoms with van der Waals surface area (Å²) in [7, 11) is 0. The summed E-state index contributed by atoms with van der Waals surface area (Å²) in [6, 6.07) is 9.09. The molecule has 1 atom stereocenters. The van der Waals surface area contributed by atoms with E-state index in [9.17, 15) is 4.39 Å². The third-order valence-corrected chi connectivity index (χ3v) is 3.95. The monoisotopic (exact) mass is 293 g/mol. The number of nitrogens with one attached hydrogen (secondary N) is 1. The van der Waals surface area contributed by atoms with E-state index in [1.54, 1.807) is 17.4 Å². The van der Waals surface area contributed by atoms with Gasteiger partial charge in [0.15, 0.2) is 0 Å². The highest BCUT2D eigenvalue weighted by molar-refractivity contribution is 7.09. The van der Waals surface area contributed by atoms with E-state index in [0.29, 0.717) is 17.9 Å². The van der Waals surface area contributed by atoms with Crippen molar-refractivity contribution in [3.63, 3.8) is 0 Å². The Hall–Kier alpha value is -1.39. The molecule has 1 unspecified atom stereocenters. The van der Waals surface area contributed by atoms with Gasteiger partial charge in [-0.25, -0.2) is 4.39 Å². The molecule has 0 bridgehead atoms. The van der Waals surface area contributed by atoms with E-state index in [0.717, 1.165) is 17.8 Å². The number of thiophene rings is 1. The third kappa shape index (κ3) is 4.05. The van der Waals surface area contributed by atoms with Crippen molar-refractivity contribution in [1.82, 2.24) is 5.32 Å². The molecule has 0 radical (unpaired) electrons. The van der Waals surface area contributed by atoms with Crippen LogP contribution in [0.1, 0.15) is 36.8 Å². The first-order chi connectivity index (χ1) is 9.70. The summed E-state index contributed by atoms with van der Waals surface area (Å²) in [6.07, 6.45) is 1.04. The first kappa shape index (κ1) is 15.0. The van der Waals surface area contributed by atoms with Crippen molar-refractivity contribution in [1.29, 1.82) is 0 Å². The molecular formula is C16H20FNOS. The highest BCUT2D eigenvalue weighted by Crippen LogP contribution is 2.23. The van der Waals surface area contributed by atoms with Gasteiger partial charge in [0.25, 0.3) is 0 Å². The summed E-state index contributed by atoms with van der Waals surface area (Å²) >= 11 is 1.63. The second-order valence-corrected chi connectivity index (χ2v) is 5.76. The molecule has 0 amide bonds. The number of hydrogen-bond donors (Lipinski definition) is 1. The molecule has 0 saturated heterocycles. The van der Waals surface area contributed by atoms with Crippen LogP contribution in [0.3, 0.4) is 0 Å². The van der Waals surface area contributed by atoms with Gasteiger partial charge in [0.1, 0.15) is 18.2 Å². The lowest BCUT2D eigenvalue weighted by Gasteiger charge is -2.15. The Morgan fingerprint density at radius 2 is 2.20 bits per heavy atom. The maximum atomic E-state index is 14.1. The summed E-state index contributed by atoms with van der Waals surface area (Å²) in [5.41, 5.74) is 0.682. The zero-order valence-corrected chi connectivity index (χ0v) is 12.7. The zero-order valence-electron chi connectivity index (χ0n) is 11.9. The second kappa shape index (κ2) is 7.41. The van der Waals surface area contributed by atoms with Gasteiger partial charge < -0.3 is 10.1 Å². The molecule has 0 saturated carbocycles. The molecule has 2 aromatic rings. The summed E-state index contributed by atoms with van der Waals surface area (Å²) in [6.45, 7) is 5.44. The Labute approximate surface area is 123 Å². The lowest BCUT2D eigenvalue weighted by Crippen LogP contribution is -2.20. The normalized spacial score (nSPS) is 12.3. The Bertz CT molecular complexity index is 527.